The molecule has 0 aliphatic carbocycles. The Morgan fingerprint density at radius 2 is 1.97 bits per heavy atom. The topological polar surface area (TPSA) is 81.5 Å². The van der Waals surface area contributed by atoms with Crippen molar-refractivity contribution < 1.29 is 14.3 Å². The van der Waals surface area contributed by atoms with Crippen molar-refractivity contribution >= 4 is 5.91 Å². The summed E-state index contributed by atoms with van der Waals surface area (Å²) in [6.45, 7) is 3.12. The number of ether oxygens (including phenoxy) is 2. The number of nitrogens with zero attached hydrogens (tertiary/aromatic N) is 4. The summed E-state index contributed by atoms with van der Waals surface area (Å²) < 4.78 is 12.6. The molecule has 2 aromatic heterocycles. The van der Waals surface area contributed by atoms with E-state index in [4.69, 9.17) is 9.47 Å². The van der Waals surface area contributed by atoms with Crippen LogP contribution in [0.5, 0.6) is 11.5 Å². The largest absolute Gasteiger partial charge is 0.493 e. The molecule has 1 aromatic carbocycles. The Kier molecular flexibility index (Phi) is 5.94. The number of rotatable bonds is 7. The second-order valence-corrected chi connectivity index (χ2v) is 7.13. The molecule has 1 aliphatic rings. The number of nitrogens with one attached hydrogen (secondary N) is 1. The van der Waals surface area contributed by atoms with Crippen LogP contribution in [0.15, 0.2) is 49.2 Å². The van der Waals surface area contributed by atoms with Gasteiger partial charge in [0, 0.05) is 44.8 Å². The number of hydrogen-bond acceptors (Lipinski definition) is 6. The van der Waals surface area contributed by atoms with Gasteiger partial charge in [-0.25, -0.2) is 9.97 Å². The molecule has 1 aliphatic heterocycles. The quantitative estimate of drug-likeness (QED) is 0.646. The van der Waals surface area contributed by atoms with Gasteiger partial charge in [0.25, 0.3) is 5.91 Å². The lowest BCUT2D eigenvalue weighted by Gasteiger charge is -2.29. The van der Waals surface area contributed by atoms with E-state index in [0.29, 0.717) is 12.1 Å². The van der Waals surface area contributed by atoms with Gasteiger partial charge in [0.05, 0.1) is 19.8 Å². The van der Waals surface area contributed by atoms with Crippen molar-refractivity contribution in [1.82, 2.24) is 24.8 Å². The Hall–Kier alpha value is -3.39. The number of imidazole rings is 1. The summed E-state index contributed by atoms with van der Waals surface area (Å²) in [6.07, 6.45) is 7.70. The Balaban J connectivity index is 1.30. The molecule has 1 N–H and O–H groups in total. The average Bonchev–Trinajstić information content (AvgIpc) is 3.33. The van der Waals surface area contributed by atoms with Crippen LogP contribution < -0.4 is 14.8 Å². The van der Waals surface area contributed by atoms with Crippen LogP contribution >= 0.6 is 0 Å². The first kappa shape index (κ1) is 19.9. The van der Waals surface area contributed by atoms with E-state index in [-0.39, 0.29) is 5.91 Å². The van der Waals surface area contributed by atoms with Gasteiger partial charge in [0.2, 0.25) is 0 Å². The molecule has 4 rings (SSSR count). The fourth-order valence-corrected chi connectivity index (χ4v) is 3.63. The Morgan fingerprint density at radius 1 is 1.17 bits per heavy atom. The molecule has 0 unspecified atom stereocenters. The van der Waals surface area contributed by atoms with E-state index in [1.165, 1.54) is 11.1 Å². The molecule has 3 heterocycles. The minimum atomic E-state index is -0.122. The normalized spacial score (nSPS) is 13.5. The highest BCUT2D eigenvalue weighted by Crippen LogP contribution is 2.33. The number of aromatic nitrogens is 3. The number of methoxy groups -OCH3 is 2. The first-order valence-electron chi connectivity index (χ1n) is 9.86. The van der Waals surface area contributed by atoms with Gasteiger partial charge < -0.3 is 14.8 Å². The highest BCUT2D eigenvalue weighted by atomic mass is 16.5. The van der Waals surface area contributed by atoms with E-state index in [1.54, 1.807) is 49.6 Å². The van der Waals surface area contributed by atoms with Crippen LogP contribution in [-0.2, 0) is 13.0 Å². The summed E-state index contributed by atoms with van der Waals surface area (Å²) in [6, 6.07) is 7.69. The number of amides is 1. The minimum absolute atomic E-state index is 0.122. The Bertz CT molecular complexity index is 1000. The van der Waals surface area contributed by atoms with E-state index >= 15 is 0 Å². The SMILES string of the molecule is COc1cc2c(cc1OC)CN(CCNC(=O)c1ccc(-n3ccnc3)nc1)CC2. The van der Waals surface area contributed by atoms with Gasteiger partial charge in [0.1, 0.15) is 12.1 Å². The summed E-state index contributed by atoms with van der Waals surface area (Å²) in [4.78, 5) is 23.1. The third kappa shape index (κ3) is 4.28. The van der Waals surface area contributed by atoms with Crippen LogP contribution in [-0.4, -0.2) is 59.2 Å². The maximum atomic E-state index is 12.4. The lowest BCUT2D eigenvalue weighted by Crippen LogP contribution is -2.37. The highest BCUT2D eigenvalue weighted by Gasteiger charge is 2.19. The van der Waals surface area contributed by atoms with Gasteiger partial charge in [-0.05, 0) is 41.8 Å². The van der Waals surface area contributed by atoms with E-state index in [9.17, 15) is 4.79 Å². The number of pyridine rings is 1. The molecule has 1 amide bonds. The van der Waals surface area contributed by atoms with Gasteiger partial charge in [-0.1, -0.05) is 0 Å². The van der Waals surface area contributed by atoms with Crippen molar-refractivity contribution in [3.63, 3.8) is 0 Å². The molecule has 156 valence electrons. The van der Waals surface area contributed by atoms with Crippen LogP contribution in [0, 0.1) is 0 Å². The predicted molar refractivity (Wildman–Crippen MR) is 112 cm³/mol. The Labute approximate surface area is 175 Å². The number of carbonyl (C=O) groups excluding carboxylic acids is 1. The zero-order chi connectivity index (χ0) is 20.9. The third-order valence-electron chi connectivity index (χ3n) is 5.29. The minimum Gasteiger partial charge on any atom is -0.493 e. The van der Waals surface area contributed by atoms with Crippen LogP contribution in [0.3, 0.4) is 0 Å². The van der Waals surface area contributed by atoms with Gasteiger partial charge in [-0.3, -0.25) is 14.3 Å². The lowest BCUT2D eigenvalue weighted by atomic mass is 9.99. The summed E-state index contributed by atoms with van der Waals surface area (Å²) in [5.41, 5.74) is 3.07. The number of carbonyl (C=O) groups is 1. The number of fused-ring (bicyclic) bond motifs is 1. The molecule has 3 aromatic rings. The number of hydrogen-bond donors (Lipinski definition) is 1. The molecule has 8 heteroatoms. The van der Waals surface area contributed by atoms with Crippen molar-refractivity contribution in [3.05, 3.63) is 65.9 Å². The van der Waals surface area contributed by atoms with Crippen LogP contribution in [0.4, 0.5) is 0 Å². The van der Waals surface area contributed by atoms with E-state index < -0.39 is 0 Å². The summed E-state index contributed by atoms with van der Waals surface area (Å²) >= 11 is 0. The second-order valence-electron chi connectivity index (χ2n) is 7.13. The van der Waals surface area contributed by atoms with Crippen molar-refractivity contribution in [1.29, 1.82) is 0 Å². The van der Waals surface area contributed by atoms with Gasteiger partial charge in [0.15, 0.2) is 11.5 Å². The van der Waals surface area contributed by atoms with Crippen LogP contribution in [0.2, 0.25) is 0 Å². The Morgan fingerprint density at radius 3 is 2.63 bits per heavy atom. The molecule has 0 fully saturated rings. The van der Waals surface area contributed by atoms with Crippen molar-refractivity contribution in [2.75, 3.05) is 33.9 Å². The highest BCUT2D eigenvalue weighted by molar-refractivity contribution is 5.93. The molecule has 0 saturated heterocycles. The molecule has 8 nitrogen and oxygen atoms in total. The van der Waals surface area contributed by atoms with Gasteiger partial charge in [-0.15, -0.1) is 0 Å². The van der Waals surface area contributed by atoms with Crippen LogP contribution in [0.1, 0.15) is 21.5 Å². The standard InChI is InChI=1S/C22H25N5O3/c1-29-19-11-16-5-8-26(14-18(16)12-20(19)30-2)9-7-24-22(28)17-3-4-21(25-13-17)27-10-6-23-15-27/h3-4,6,10-13,15H,5,7-9,14H2,1-2H3,(H,24,28). The van der Waals surface area contributed by atoms with E-state index in [0.717, 1.165) is 43.4 Å². The fourth-order valence-electron chi connectivity index (χ4n) is 3.63. The molecular weight excluding hydrogens is 382 g/mol. The summed E-state index contributed by atoms with van der Waals surface area (Å²) in [5, 5.41) is 2.98. The molecule has 30 heavy (non-hydrogen) atoms. The van der Waals surface area contributed by atoms with Crippen molar-refractivity contribution in [2.45, 2.75) is 13.0 Å². The maximum absolute atomic E-state index is 12.4. The number of benzene rings is 1. The van der Waals surface area contributed by atoms with E-state index in [1.807, 2.05) is 12.3 Å². The zero-order valence-corrected chi connectivity index (χ0v) is 17.2. The summed E-state index contributed by atoms with van der Waals surface area (Å²) in [7, 11) is 3.31. The third-order valence-corrected chi connectivity index (χ3v) is 5.29. The maximum Gasteiger partial charge on any atom is 0.252 e. The first-order valence-corrected chi connectivity index (χ1v) is 9.86. The van der Waals surface area contributed by atoms with Crippen molar-refractivity contribution in [2.24, 2.45) is 0 Å². The smallest absolute Gasteiger partial charge is 0.252 e. The average molecular weight is 407 g/mol. The lowest BCUT2D eigenvalue weighted by molar-refractivity contribution is 0.0947. The summed E-state index contributed by atoms with van der Waals surface area (Å²) in [5.74, 6) is 2.12. The molecule has 0 bridgehead atoms. The molecule has 0 spiro atoms. The van der Waals surface area contributed by atoms with Gasteiger partial charge >= 0.3 is 0 Å². The predicted octanol–water partition coefficient (Wildman–Crippen LogP) is 2.07. The van der Waals surface area contributed by atoms with Crippen LogP contribution in [0.25, 0.3) is 5.82 Å². The van der Waals surface area contributed by atoms with E-state index in [2.05, 4.69) is 26.3 Å². The molecule has 0 radical (unpaired) electrons. The monoisotopic (exact) mass is 407 g/mol. The fraction of sp³-hybridized carbons (Fsp3) is 0.318. The molecule has 0 atom stereocenters. The molecule has 0 saturated carbocycles. The first-order chi connectivity index (χ1) is 14.7. The zero-order valence-electron chi connectivity index (χ0n) is 17.2. The van der Waals surface area contributed by atoms with Gasteiger partial charge in [-0.2, -0.15) is 0 Å². The second kappa shape index (κ2) is 8.96. The van der Waals surface area contributed by atoms with Crippen molar-refractivity contribution in [3.8, 4) is 17.3 Å². The molecular formula is C22H25N5O3.